The zero-order chi connectivity index (χ0) is 12.3. The number of carbonyl (C=O) groups is 1. The van der Waals surface area contributed by atoms with Gasteiger partial charge >= 0.3 is 6.09 Å². The smallest absolute Gasteiger partial charge is 0.407 e. The Morgan fingerprint density at radius 2 is 2.41 bits per heavy atom. The number of hydrogen-bond acceptors (Lipinski definition) is 4. The van der Waals surface area contributed by atoms with Gasteiger partial charge in [0.05, 0.1) is 19.2 Å². The Labute approximate surface area is 98.5 Å². The minimum Gasteiger partial charge on any atom is -0.472 e. The molecule has 2 heterocycles. The van der Waals surface area contributed by atoms with Gasteiger partial charge in [-0.25, -0.2) is 9.78 Å². The van der Waals surface area contributed by atoms with Gasteiger partial charge in [0.15, 0.2) is 0 Å². The molecule has 2 N–H and O–H groups in total. The highest BCUT2D eigenvalue weighted by molar-refractivity contribution is 5.66. The van der Waals surface area contributed by atoms with Crippen molar-refractivity contribution in [3.05, 3.63) is 24.4 Å². The van der Waals surface area contributed by atoms with E-state index in [1.54, 1.807) is 24.4 Å². The lowest BCUT2D eigenvalue weighted by atomic mass is 10.2. The van der Waals surface area contributed by atoms with Gasteiger partial charge in [-0.2, -0.15) is 0 Å². The number of hydrogen-bond donors (Lipinski definition) is 2. The van der Waals surface area contributed by atoms with Crippen LogP contribution in [0, 0.1) is 0 Å². The first-order valence-corrected chi connectivity index (χ1v) is 5.39. The minimum atomic E-state index is -1.03. The molecule has 0 bridgehead atoms. The van der Waals surface area contributed by atoms with E-state index in [-0.39, 0.29) is 25.3 Å². The second-order valence-corrected chi connectivity index (χ2v) is 3.91. The van der Waals surface area contributed by atoms with Gasteiger partial charge in [0.25, 0.3) is 0 Å². The number of nitrogens with zero attached hydrogens (tertiary/aromatic N) is 2. The monoisotopic (exact) mass is 238 g/mol. The van der Waals surface area contributed by atoms with Crippen LogP contribution >= 0.6 is 0 Å². The van der Waals surface area contributed by atoms with E-state index in [1.807, 2.05) is 0 Å². The van der Waals surface area contributed by atoms with Crippen LogP contribution in [0.1, 0.15) is 6.42 Å². The molecule has 0 radical (unpaired) electrons. The lowest BCUT2D eigenvalue weighted by Gasteiger charge is -2.18. The summed E-state index contributed by atoms with van der Waals surface area (Å²) in [6.45, 7) is 0.0749. The fourth-order valence-corrected chi connectivity index (χ4v) is 1.95. The number of aliphatic hydroxyl groups is 1. The molecule has 2 atom stereocenters. The second kappa shape index (κ2) is 5.01. The molecular formula is C11H14N2O4. The van der Waals surface area contributed by atoms with E-state index in [0.29, 0.717) is 12.3 Å². The summed E-state index contributed by atoms with van der Waals surface area (Å²) in [7, 11) is 0. The Morgan fingerprint density at radius 3 is 2.94 bits per heavy atom. The molecule has 2 rings (SSSR count). The van der Waals surface area contributed by atoms with Crippen LogP contribution in [0.2, 0.25) is 0 Å². The Bertz CT molecular complexity index is 384. The summed E-state index contributed by atoms with van der Waals surface area (Å²) in [4.78, 5) is 16.1. The maximum absolute atomic E-state index is 10.9. The highest BCUT2D eigenvalue weighted by Gasteiger charge is 2.36. The van der Waals surface area contributed by atoms with Crippen LogP contribution in [-0.2, 0) is 0 Å². The Morgan fingerprint density at radius 1 is 1.59 bits per heavy atom. The van der Waals surface area contributed by atoms with Crippen LogP contribution in [0.5, 0.6) is 5.88 Å². The summed E-state index contributed by atoms with van der Waals surface area (Å²) in [5.74, 6) is 0.474. The van der Waals surface area contributed by atoms with E-state index in [0.717, 1.165) is 0 Å². The quantitative estimate of drug-likeness (QED) is 0.804. The zero-order valence-corrected chi connectivity index (χ0v) is 9.19. The second-order valence-electron chi connectivity index (χ2n) is 3.91. The third-order valence-corrected chi connectivity index (χ3v) is 2.76. The molecule has 0 aromatic carbocycles. The van der Waals surface area contributed by atoms with Crippen molar-refractivity contribution >= 4 is 6.09 Å². The van der Waals surface area contributed by atoms with Crippen LogP contribution in [0.3, 0.4) is 0 Å². The molecule has 6 nitrogen and oxygen atoms in total. The summed E-state index contributed by atoms with van der Waals surface area (Å²) >= 11 is 0. The SMILES string of the molecule is O=C(O)N1C[C@@H](Oc2ccccn2)C[C@@H]1CO. The van der Waals surface area contributed by atoms with Gasteiger partial charge in [-0.15, -0.1) is 0 Å². The molecule has 1 aromatic rings. The first-order chi connectivity index (χ1) is 8.20. The minimum absolute atomic E-state index is 0.186. The summed E-state index contributed by atoms with van der Waals surface area (Å²) in [5.41, 5.74) is 0. The average molecular weight is 238 g/mol. The van der Waals surface area contributed by atoms with E-state index in [2.05, 4.69) is 4.98 Å². The number of likely N-dealkylation sites (tertiary alicyclic amines) is 1. The fraction of sp³-hybridized carbons (Fsp3) is 0.455. The molecule has 1 aromatic heterocycles. The van der Waals surface area contributed by atoms with E-state index < -0.39 is 6.09 Å². The van der Waals surface area contributed by atoms with Crippen LogP contribution in [0.15, 0.2) is 24.4 Å². The third kappa shape index (κ3) is 2.65. The summed E-state index contributed by atoms with van der Waals surface area (Å²) in [6, 6.07) is 4.91. The molecule has 1 saturated heterocycles. The van der Waals surface area contributed by atoms with Crippen molar-refractivity contribution < 1.29 is 19.7 Å². The molecule has 6 heteroatoms. The Balaban J connectivity index is 1.99. The molecule has 0 saturated carbocycles. The van der Waals surface area contributed by atoms with Crippen molar-refractivity contribution in [2.45, 2.75) is 18.6 Å². The van der Waals surface area contributed by atoms with Crippen molar-refractivity contribution in [2.75, 3.05) is 13.2 Å². The zero-order valence-electron chi connectivity index (χ0n) is 9.19. The van der Waals surface area contributed by atoms with E-state index in [9.17, 15) is 4.79 Å². The largest absolute Gasteiger partial charge is 0.472 e. The number of ether oxygens (including phenoxy) is 1. The van der Waals surface area contributed by atoms with Crippen LogP contribution < -0.4 is 4.74 Å². The number of aromatic nitrogens is 1. The molecule has 0 unspecified atom stereocenters. The molecule has 0 spiro atoms. The van der Waals surface area contributed by atoms with Crippen LogP contribution in [-0.4, -0.2) is 51.5 Å². The van der Waals surface area contributed by atoms with Crippen LogP contribution in [0.4, 0.5) is 4.79 Å². The number of aliphatic hydroxyl groups excluding tert-OH is 1. The normalized spacial score (nSPS) is 23.7. The lowest BCUT2D eigenvalue weighted by molar-refractivity contribution is 0.116. The predicted octanol–water partition coefficient (Wildman–Crippen LogP) is 0.574. The molecule has 1 fully saturated rings. The van der Waals surface area contributed by atoms with Gasteiger partial charge in [-0.3, -0.25) is 4.90 Å². The topological polar surface area (TPSA) is 82.9 Å². The maximum Gasteiger partial charge on any atom is 0.407 e. The number of rotatable bonds is 3. The van der Waals surface area contributed by atoms with E-state index in [4.69, 9.17) is 14.9 Å². The van der Waals surface area contributed by atoms with E-state index in [1.165, 1.54) is 4.90 Å². The molecule has 17 heavy (non-hydrogen) atoms. The van der Waals surface area contributed by atoms with Crippen molar-refractivity contribution in [1.82, 2.24) is 9.88 Å². The first kappa shape index (κ1) is 11.7. The van der Waals surface area contributed by atoms with Crippen molar-refractivity contribution in [2.24, 2.45) is 0 Å². The highest BCUT2D eigenvalue weighted by Crippen LogP contribution is 2.21. The summed E-state index contributed by atoms with van der Waals surface area (Å²) < 4.78 is 5.56. The van der Waals surface area contributed by atoms with Gasteiger partial charge in [0, 0.05) is 18.7 Å². The van der Waals surface area contributed by atoms with Crippen molar-refractivity contribution in [1.29, 1.82) is 0 Å². The van der Waals surface area contributed by atoms with Gasteiger partial charge in [0.1, 0.15) is 6.10 Å². The standard InChI is InChI=1S/C11H14N2O4/c14-7-8-5-9(6-13(8)11(15)16)17-10-3-1-2-4-12-10/h1-4,8-9,14H,5-7H2,(H,15,16)/t8-,9+/m1/s1. The highest BCUT2D eigenvalue weighted by atomic mass is 16.5. The Hall–Kier alpha value is -1.82. The van der Waals surface area contributed by atoms with Gasteiger partial charge in [-0.1, -0.05) is 6.07 Å². The third-order valence-electron chi connectivity index (χ3n) is 2.76. The average Bonchev–Trinajstić information content (AvgIpc) is 2.73. The molecule has 1 amide bonds. The van der Waals surface area contributed by atoms with Crippen molar-refractivity contribution in [3.63, 3.8) is 0 Å². The van der Waals surface area contributed by atoms with Crippen molar-refractivity contribution in [3.8, 4) is 5.88 Å². The van der Waals surface area contributed by atoms with E-state index >= 15 is 0 Å². The number of amides is 1. The van der Waals surface area contributed by atoms with Gasteiger partial charge < -0.3 is 14.9 Å². The Kier molecular flexibility index (Phi) is 3.43. The molecule has 0 aliphatic carbocycles. The maximum atomic E-state index is 10.9. The predicted molar refractivity (Wildman–Crippen MR) is 58.9 cm³/mol. The van der Waals surface area contributed by atoms with Gasteiger partial charge in [-0.05, 0) is 6.07 Å². The summed E-state index contributed by atoms with van der Waals surface area (Å²) in [6.07, 6.45) is 0.816. The lowest BCUT2D eigenvalue weighted by Crippen LogP contribution is -2.36. The first-order valence-electron chi connectivity index (χ1n) is 5.39. The molecular weight excluding hydrogens is 224 g/mol. The summed E-state index contributed by atoms with van der Waals surface area (Å²) in [5, 5.41) is 18.0. The number of carboxylic acid groups (broad SMARTS) is 1. The fourth-order valence-electron chi connectivity index (χ4n) is 1.95. The molecule has 92 valence electrons. The van der Waals surface area contributed by atoms with Gasteiger partial charge in [0.2, 0.25) is 5.88 Å². The number of pyridine rings is 1. The molecule has 1 aliphatic rings. The van der Waals surface area contributed by atoms with Crippen LogP contribution in [0.25, 0.3) is 0 Å². The molecule has 1 aliphatic heterocycles.